The van der Waals surface area contributed by atoms with Crippen molar-refractivity contribution in [2.75, 3.05) is 23.7 Å². The van der Waals surface area contributed by atoms with E-state index < -0.39 is 16.0 Å². The third-order valence-electron chi connectivity index (χ3n) is 5.04. The molecule has 0 fully saturated rings. The molecular formula is C21H23NO5S. The Morgan fingerprint density at radius 2 is 1.71 bits per heavy atom. The van der Waals surface area contributed by atoms with Gasteiger partial charge in [0.1, 0.15) is 0 Å². The largest absolute Gasteiger partial charge is 0.454 e. The lowest BCUT2D eigenvalue weighted by atomic mass is 9.98. The van der Waals surface area contributed by atoms with Crippen LogP contribution in [-0.2, 0) is 21.2 Å². The smallest absolute Gasteiger partial charge is 0.338 e. The molecule has 0 bridgehead atoms. The summed E-state index contributed by atoms with van der Waals surface area (Å²) in [5.74, 6) is -0.853. The van der Waals surface area contributed by atoms with Gasteiger partial charge in [0, 0.05) is 12.1 Å². The van der Waals surface area contributed by atoms with Crippen LogP contribution in [-0.4, -0.2) is 39.6 Å². The molecule has 1 heterocycles. The van der Waals surface area contributed by atoms with Crippen molar-refractivity contribution >= 4 is 27.5 Å². The van der Waals surface area contributed by atoms with Crippen LogP contribution in [0.5, 0.6) is 0 Å². The van der Waals surface area contributed by atoms with E-state index in [9.17, 15) is 18.0 Å². The number of fused-ring (bicyclic) bond motifs is 1. The van der Waals surface area contributed by atoms with Crippen molar-refractivity contribution in [3.63, 3.8) is 0 Å². The summed E-state index contributed by atoms with van der Waals surface area (Å²) >= 11 is 0. The maximum absolute atomic E-state index is 12.5. The van der Waals surface area contributed by atoms with Gasteiger partial charge in [0.15, 0.2) is 6.61 Å². The average molecular weight is 401 g/mol. The molecule has 6 nitrogen and oxygen atoms in total. The van der Waals surface area contributed by atoms with Gasteiger partial charge in [-0.3, -0.25) is 9.10 Å². The quantitative estimate of drug-likeness (QED) is 0.568. The van der Waals surface area contributed by atoms with Crippen molar-refractivity contribution in [2.45, 2.75) is 27.2 Å². The maximum atomic E-state index is 12.5. The number of ether oxygens (including phenoxy) is 1. The summed E-state index contributed by atoms with van der Waals surface area (Å²) < 4.78 is 30.1. The van der Waals surface area contributed by atoms with E-state index in [4.69, 9.17) is 4.74 Å². The number of sulfonamides is 1. The van der Waals surface area contributed by atoms with Crippen LogP contribution in [0, 0.1) is 20.8 Å². The number of hydrogen-bond donors (Lipinski definition) is 0. The molecule has 0 unspecified atom stereocenters. The molecule has 1 aliphatic heterocycles. The lowest BCUT2D eigenvalue weighted by Crippen LogP contribution is -2.27. The summed E-state index contributed by atoms with van der Waals surface area (Å²) in [5, 5.41) is 0. The van der Waals surface area contributed by atoms with Crippen molar-refractivity contribution in [1.82, 2.24) is 0 Å². The molecule has 0 saturated heterocycles. The minimum atomic E-state index is -3.34. The number of Topliss-reactive ketones (excluding diaryl/α,β-unsaturated/α-hetero) is 1. The normalized spacial score (nSPS) is 13.4. The molecule has 0 N–H and O–H groups in total. The molecule has 148 valence electrons. The molecule has 0 radical (unpaired) electrons. The van der Waals surface area contributed by atoms with E-state index in [0.29, 0.717) is 29.8 Å². The molecule has 0 aliphatic carbocycles. The number of carbonyl (C=O) groups is 2. The summed E-state index contributed by atoms with van der Waals surface area (Å²) in [7, 11) is -3.34. The van der Waals surface area contributed by atoms with Gasteiger partial charge in [-0.15, -0.1) is 0 Å². The molecule has 0 aromatic heterocycles. The Hall–Kier alpha value is -2.67. The number of rotatable bonds is 5. The van der Waals surface area contributed by atoms with Crippen LogP contribution < -0.4 is 4.31 Å². The highest BCUT2D eigenvalue weighted by Gasteiger charge is 2.27. The van der Waals surface area contributed by atoms with Gasteiger partial charge in [0.05, 0.1) is 17.5 Å². The summed E-state index contributed by atoms with van der Waals surface area (Å²) in [4.78, 5) is 24.8. The van der Waals surface area contributed by atoms with Gasteiger partial charge in [-0.05, 0) is 73.7 Å². The Kier molecular flexibility index (Phi) is 5.30. The molecule has 2 aromatic rings. The van der Waals surface area contributed by atoms with Crippen LogP contribution in [0.15, 0.2) is 30.3 Å². The average Bonchev–Trinajstić information content (AvgIpc) is 3.06. The number of benzene rings is 2. The number of ketones is 1. The first kappa shape index (κ1) is 20.1. The highest BCUT2D eigenvalue weighted by atomic mass is 32.2. The fourth-order valence-corrected chi connectivity index (χ4v) is 4.35. The zero-order chi connectivity index (χ0) is 20.6. The number of esters is 1. The first-order chi connectivity index (χ1) is 13.1. The Morgan fingerprint density at radius 3 is 2.39 bits per heavy atom. The molecule has 0 atom stereocenters. The molecule has 1 aliphatic rings. The molecule has 28 heavy (non-hydrogen) atoms. The van der Waals surface area contributed by atoms with Crippen molar-refractivity contribution in [3.8, 4) is 0 Å². The number of carbonyl (C=O) groups excluding carboxylic acids is 2. The maximum Gasteiger partial charge on any atom is 0.338 e. The lowest BCUT2D eigenvalue weighted by Gasteiger charge is -2.16. The van der Waals surface area contributed by atoms with Crippen LogP contribution in [0.4, 0.5) is 5.69 Å². The molecular weight excluding hydrogens is 378 g/mol. The first-order valence-electron chi connectivity index (χ1n) is 8.96. The highest BCUT2D eigenvalue weighted by molar-refractivity contribution is 7.92. The minimum absolute atomic E-state index is 0.252. The SMILES string of the molecule is Cc1cc(C)c(C(=O)COC(=O)c2ccc3c(c2)CCN3S(C)(=O)=O)cc1C. The molecule has 7 heteroatoms. The first-order valence-corrected chi connectivity index (χ1v) is 10.8. The predicted octanol–water partition coefficient (Wildman–Crippen LogP) is 2.97. The predicted molar refractivity (Wildman–Crippen MR) is 108 cm³/mol. The fraction of sp³-hybridized carbons (Fsp3) is 0.333. The standard InChI is InChI=1S/C21H23NO5S/c1-13-9-15(3)18(10-14(13)2)20(23)12-27-21(24)17-5-6-19-16(11-17)7-8-22(19)28(4,25)26/h5-6,9-11H,7-8,12H2,1-4H3. The van der Waals surface area contributed by atoms with Crippen molar-refractivity contribution in [2.24, 2.45) is 0 Å². The Balaban J connectivity index is 1.71. The Labute approximate surface area is 165 Å². The molecule has 3 rings (SSSR count). The second kappa shape index (κ2) is 7.39. The Bertz CT molecular complexity index is 1070. The van der Waals surface area contributed by atoms with Crippen molar-refractivity contribution in [3.05, 3.63) is 63.7 Å². The zero-order valence-corrected chi connectivity index (χ0v) is 17.2. The number of aryl methyl sites for hydroxylation is 3. The third kappa shape index (κ3) is 3.94. The van der Waals surface area contributed by atoms with Gasteiger partial charge in [0.2, 0.25) is 15.8 Å². The van der Waals surface area contributed by atoms with Gasteiger partial charge in [0.25, 0.3) is 0 Å². The number of nitrogens with zero attached hydrogens (tertiary/aromatic N) is 1. The van der Waals surface area contributed by atoms with Gasteiger partial charge < -0.3 is 4.74 Å². The number of anilines is 1. The van der Waals surface area contributed by atoms with Crippen molar-refractivity contribution < 1.29 is 22.7 Å². The monoisotopic (exact) mass is 401 g/mol. The lowest BCUT2D eigenvalue weighted by molar-refractivity contribution is 0.0474. The van der Waals surface area contributed by atoms with E-state index in [2.05, 4.69) is 0 Å². The zero-order valence-electron chi connectivity index (χ0n) is 16.4. The topological polar surface area (TPSA) is 80.8 Å². The van der Waals surface area contributed by atoms with Gasteiger partial charge in [-0.2, -0.15) is 0 Å². The highest BCUT2D eigenvalue weighted by Crippen LogP contribution is 2.30. The minimum Gasteiger partial charge on any atom is -0.454 e. The second-order valence-electron chi connectivity index (χ2n) is 7.18. The van der Waals surface area contributed by atoms with Crippen molar-refractivity contribution in [1.29, 1.82) is 0 Å². The van der Waals surface area contributed by atoms with Gasteiger partial charge >= 0.3 is 5.97 Å². The van der Waals surface area contributed by atoms with E-state index >= 15 is 0 Å². The Morgan fingerprint density at radius 1 is 1.04 bits per heavy atom. The summed E-state index contributed by atoms with van der Waals surface area (Å²) in [6.07, 6.45) is 1.69. The summed E-state index contributed by atoms with van der Waals surface area (Å²) in [6.45, 7) is 5.79. The summed E-state index contributed by atoms with van der Waals surface area (Å²) in [6, 6.07) is 8.52. The van der Waals surface area contributed by atoms with E-state index in [0.717, 1.165) is 28.5 Å². The van der Waals surface area contributed by atoms with E-state index in [-0.39, 0.29) is 12.4 Å². The van der Waals surface area contributed by atoms with E-state index in [1.54, 1.807) is 12.1 Å². The number of hydrogen-bond acceptors (Lipinski definition) is 5. The molecule has 0 amide bonds. The molecule has 0 spiro atoms. The third-order valence-corrected chi connectivity index (χ3v) is 6.22. The van der Waals surface area contributed by atoms with Gasteiger partial charge in [-0.1, -0.05) is 6.07 Å². The fourth-order valence-electron chi connectivity index (χ4n) is 3.40. The molecule has 2 aromatic carbocycles. The van der Waals surface area contributed by atoms with E-state index in [1.165, 1.54) is 10.4 Å². The second-order valence-corrected chi connectivity index (χ2v) is 9.09. The van der Waals surface area contributed by atoms with Crippen LogP contribution in [0.1, 0.15) is 43.0 Å². The van der Waals surface area contributed by atoms with Crippen LogP contribution >= 0.6 is 0 Å². The van der Waals surface area contributed by atoms with E-state index in [1.807, 2.05) is 32.9 Å². The van der Waals surface area contributed by atoms with Gasteiger partial charge in [-0.25, -0.2) is 13.2 Å². The summed E-state index contributed by atoms with van der Waals surface area (Å²) in [5.41, 5.74) is 5.17. The van der Waals surface area contributed by atoms with Crippen LogP contribution in [0.2, 0.25) is 0 Å². The molecule has 0 saturated carbocycles. The van der Waals surface area contributed by atoms with Crippen LogP contribution in [0.3, 0.4) is 0 Å². The van der Waals surface area contributed by atoms with Crippen LogP contribution in [0.25, 0.3) is 0 Å².